The quantitative estimate of drug-likeness (QED) is 0.353. The van der Waals surface area contributed by atoms with Crippen LogP contribution in [0.25, 0.3) is 6.08 Å². The third-order valence-electron chi connectivity index (χ3n) is 2.39. The summed E-state index contributed by atoms with van der Waals surface area (Å²) in [6, 6.07) is 5.08. The third-order valence-corrected chi connectivity index (χ3v) is 2.98. The Balaban J connectivity index is 3.26. The van der Waals surface area contributed by atoms with E-state index >= 15 is 0 Å². The molecule has 0 N–H and O–H groups in total. The molecule has 1 aromatic carbocycles. The number of nitriles is 1. The molecule has 0 aliphatic rings. The highest BCUT2D eigenvalue weighted by atomic mass is 79.9. The van der Waals surface area contributed by atoms with E-state index in [-0.39, 0.29) is 12.2 Å². The largest absolute Gasteiger partial charge is 0.493 e. The zero-order valence-corrected chi connectivity index (χ0v) is 13.1. The Morgan fingerprint density at radius 3 is 2.71 bits per heavy atom. The van der Waals surface area contributed by atoms with Crippen LogP contribution in [0.5, 0.6) is 11.5 Å². The summed E-state index contributed by atoms with van der Waals surface area (Å²) in [5.41, 5.74) is 0.456. The van der Waals surface area contributed by atoms with E-state index in [1.54, 1.807) is 18.2 Å². The van der Waals surface area contributed by atoms with Crippen LogP contribution in [0.2, 0.25) is 0 Å². The molecule has 5 nitrogen and oxygen atoms in total. The molecule has 0 amide bonds. The second kappa shape index (κ2) is 7.98. The van der Waals surface area contributed by atoms with Crippen LogP contribution in [0, 0.1) is 23.7 Å². The third kappa shape index (κ3) is 4.27. The first-order valence-corrected chi connectivity index (χ1v) is 6.50. The molecule has 1 rings (SSSR count). The van der Waals surface area contributed by atoms with Crippen LogP contribution < -0.4 is 9.47 Å². The maximum Gasteiger partial charge on any atom is 0.348 e. The van der Waals surface area contributed by atoms with Crippen molar-refractivity contribution in [2.24, 2.45) is 0 Å². The van der Waals surface area contributed by atoms with Crippen LogP contribution in [-0.4, -0.2) is 26.8 Å². The standard InChI is InChI=1S/C15H12BrNO4/c1-4-5-21-14-12(16)7-10(8-13(14)19-2)6-11(9-17)15(18)20-3/h1,6-8H,5H2,2-3H3. The SMILES string of the molecule is C#CCOc1c(Br)cc(C=C(C#N)C(=O)OC)cc1OC. The zero-order chi connectivity index (χ0) is 15.8. The summed E-state index contributed by atoms with van der Waals surface area (Å²) in [6.07, 6.45) is 6.55. The van der Waals surface area contributed by atoms with Crippen molar-refractivity contribution in [2.75, 3.05) is 20.8 Å². The molecule has 0 saturated carbocycles. The Morgan fingerprint density at radius 1 is 1.48 bits per heavy atom. The van der Waals surface area contributed by atoms with Crippen molar-refractivity contribution in [3.63, 3.8) is 0 Å². The van der Waals surface area contributed by atoms with Crippen LogP contribution in [0.15, 0.2) is 22.2 Å². The Labute approximate surface area is 131 Å². The highest BCUT2D eigenvalue weighted by molar-refractivity contribution is 9.10. The summed E-state index contributed by atoms with van der Waals surface area (Å²) in [7, 11) is 2.68. The molecule has 0 saturated heterocycles. The van der Waals surface area contributed by atoms with E-state index in [2.05, 4.69) is 26.6 Å². The highest BCUT2D eigenvalue weighted by Gasteiger charge is 2.13. The average molecular weight is 350 g/mol. The van der Waals surface area contributed by atoms with Gasteiger partial charge in [0.15, 0.2) is 11.5 Å². The van der Waals surface area contributed by atoms with E-state index in [1.165, 1.54) is 20.3 Å². The summed E-state index contributed by atoms with van der Waals surface area (Å²) in [5, 5.41) is 8.95. The predicted molar refractivity (Wildman–Crippen MR) is 80.6 cm³/mol. The van der Waals surface area contributed by atoms with Crippen molar-refractivity contribution in [3.05, 3.63) is 27.7 Å². The number of hydrogen-bond donors (Lipinski definition) is 0. The summed E-state index contributed by atoms with van der Waals surface area (Å²) in [4.78, 5) is 11.4. The van der Waals surface area contributed by atoms with Gasteiger partial charge < -0.3 is 14.2 Å². The minimum absolute atomic E-state index is 0.0930. The number of methoxy groups -OCH3 is 2. The van der Waals surface area contributed by atoms with Gasteiger partial charge in [0.25, 0.3) is 0 Å². The first kappa shape index (κ1) is 16.6. The van der Waals surface area contributed by atoms with Gasteiger partial charge in [-0.3, -0.25) is 0 Å². The fourth-order valence-electron chi connectivity index (χ4n) is 1.49. The maximum atomic E-state index is 11.4. The van der Waals surface area contributed by atoms with E-state index in [9.17, 15) is 4.79 Å². The van der Waals surface area contributed by atoms with Gasteiger partial charge in [-0.25, -0.2) is 4.79 Å². The fraction of sp³-hybridized carbons (Fsp3) is 0.200. The minimum Gasteiger partial charge on any atom is -0.493 e. The van der Waals surface area contributed by atoms with Gasteiger partial charge in [0.2, 0.25) is 0 Å². The van der Waals surface area contributed by atoms with Gasteiger partial charge in [-0.1, -0.05) is 5.92 Å². The first-order chi connectivity index (χ1) is 10.1. The van der Waals surface area contributed by atoms with Crippen molar-refractivity contribution in [2.45, 2.75) is 0 Å². The molecular weight excluding hydrogens is 338 g/mol. The topological polar surface area (TPSA) is 68.5 Å². The monoisotopic (exact) mass is 349 g/mol. The molecule has 0 spiro atoms. The lowest BCUT2D eigenvalue weighted by Crippen LogP contribution is -2.03. The number of carbonyl (C=O) groups is 1. The molecule has 0 aromatic heterocycles. The van der Waals surface area contributed by atoms with Gasteiger partial charge in [0.05, 0.1) is 18.7 Å². The average Bonchev–Trinajstić information content (AvgIpc) is 2.50. The lowest BCUT2D eigenvalue weighted by molar-refractivity contribution is -0.135. The van der Waals surface area contributed by atoms with Crippen LogP contribution in [0.3, 0.4) is 0 Å². The Morgan fingerprint density at radius 2 is 2.19 bits per heavy atom. The van der Waals surface area contributed by atoms with E-state index in [4.69, 9.17) is 21.2 Å². The van der Waals surface area contributed by atoms with Crippen LogP contribution >= 0.6 is 15.9 Å². The zero-order valence-electron chi connectivity index (χ0n) is 11.5. The van der Waals surface area contributed by atoms with E-state index in [1.807, 2.05) is 0 Å². The van der Waals surface area contributed by atoms with Crippen molar-refractivity contribution in [1.29, 1.82) is 5.26 Å². The van der Waals surface area contributed by atoms with Gasteiger partial charge >= 0.3 is 5.97 Å². The molecule has 0 aliphatic heterocycles. The second-order valence-corrected chi connectivity index (χ2v) is 4.54. The van der Waals surface area contributed by atoms with Crippen molar-refractivity contribution in [1.82, 2.24) is 0 Å². The predicted octanol–water partition coefficient (Wildman–Crippen LogP) is 2.55. The summed E-state index contributed by atoms with van der Waals surface area (Å²) >= 11 is 3.33. The number of rotatable bonds is 5. The number of halogens is 1. The molecule has 0 heterocycles. The van der Waals surface area contributed by atoms with Crippen molar-refractivity contribution >= 4 is 28.0 Å². The Bertz CT molecular complexity index is 653. The summed E-state index contributed by atoms with van der Waals surface area (Å²) < 4.78 is 15.7. The highest BCUT2D eigenvalue weighted by Crippen LogP contribution is 2.37. The van der Waals surface area contributed by atoms with Crippen LogP contribution in [0.4, 0.5) is 0 Å². The van der Waals surface area contributed by atoms with E-state index in [0.717, 1.165) is 0 Å². The molecule has 0 atom stereocenters. The van der Waals surface area contributed by atoms with Crippen molar-refractivity contribution in [3.8, 4) is 29.9 Å². The minimum atomic E-state index is -0.708. The number of terminal acetylenes is 1. The summed E-state index contributed by atoms with van der Waals surface area (Å²) in [5.74, 6) is 2.52. The van der Waals surface area contributed by atoms with Crippen LogP contribution in [-0.2, 0) is 9.53 Å². The number of benzene rings is 1. The second-order valence-electron chi connectivity index (χ2n) is 3.69. The van der Waals surface area contributed by atoms with Gasteiger partial charge in [-0.05, 0) is 39.7 Å². The fourth-order valence-corrected chi connectivity index (χ4v) is 2.06. The number of nitrogens with zero attached hydrogens (tertiary/aromatic N) is 1. The summed E-state index contributed by atoms with van der Waals surface area (Å²) in [6.45, 7) is 0.0930. The molecule has 0 unspecified atom stereocenters. The number of hydrogen-bond acceptors (Lipinski definition) is 5. The number of esters is 1. The molecule has 1 aromatic rings. The molecule has 0 radical (unpaired) electrons. The molecule has 21 heavy (non-hydrogen) atoms. The lowest BCUT2D eigenvalue weighted by atomic mass is 10.1. The maximum absolute atomic E-state index is 11.4. The van der Waals surface area contributed by atoms with Crippen molar-refractivity contribution < 1.29 is 19.0 Å². The Hall–Kier alpha value is -2.44. The molecule has 0 bridgehead atoms. The van der Waals surface area contributed by atoms with Gasteiger partial charge in [-0.15, -0.1) is 6.42 Å². The first-order valence-electron chi connectivity index (χ1n) is 5.71. The molecule has 0 aliphatic carbocycles. The Kier molecular flexibility index (Phi) is 6.32. The normalized spacial score (nSPS) is 10.2. The molecule has 6 heteroatoms. The molecule has 0 fully saturated rings. The molecule has 108 valence electrons. The lowest BCUT2D eigenvalue weighted by Gasteiger charge is -2.12. The van der Waals surface area contributed by atoms with Crippen LogP contribution in [0.1, 0.15) is 5.56 Å². The van der Waals surface area contributed by atoms with Gasteiger partial charge in [0, 0.05) is 0 Å². The molecular formula is C15H12BrNO4. The number of ether oxygens (including phenoxy) is 3. The smallest absolute Gasteiger partial charge is 0.348 e. The van der Waals surface area contributed by atoms with E-state index < -0.39 is 5.97 Å². The van der Waals surface area contributed by atoms with Gasteiger partial charge in [0.1, 0.15) is 18.2 Å². The number of carbonyl (C=O) groups excluding carboxylic acids is 1. The van der Waals surface area contributed by atoms with E-state index in [0.29, 0.717) is 21.5 Å². The van der Waals surface area contributed by atoms with Gasteiger partial charge in [-0.2, -0.15) is 5.26 Å².